The number of rotatable bonds is 10. The number of aromatic nitrogens is 1. The Morgan fingerprint density at radius 1 is 1.21 bits per heavy atom. The fourth-order valence-electron chi connectivity index (χ4n) is 5.01. The predicted molar refractivity (Wildman–Crippen MR) is 141 cm³/mol. The zero-order valence-electron chi connectivity index (χ0n) is 20.9. The molecular formula is C27H29ClF3N3O3S. The van der Waals surface area contributed by atoms with Gasteiger partial charge in [-0.15, -0.1) is 11.8 Å². The van der Waals surface area contributed by atoms with Crippen molar-refractivity contribution in [2.24, 2.45) is 5.41 Å². The normalized spacial score (nSPS) is 15.5. The molecule has 38 heavy (non-hydrogen) atoms. The fourth-order valence-corrected chi connectivity index (χ4v) is 6.21. The molecular weight excluding hydrogens is 539 g/mol. The third kappa shape index (κ3) is 6.36. The van der Waals surface area contributed by atoms with Gasteiger partial charge in [-0.3, -0.25) is 15.0 Å². The summed E-state index contributed by atoms with van der Waals surface area (Å²) in [6.45, 7) is 1.91. The first-order chi connectivity index (χ1) is 18.3. The van der Waals surface area contributed by atoms with Gasteiger partial charge in [-0.25, -0.2) is 18.7 Å². The van der Waals surface area contributed by atoms with Crippen LogP contribution < -0.4 is 10.2 Å². The van der Waals surface area contributed by atoms with E-state index in [9.17, 15) is 23.2 Å². The van der Waals surface area contributed by atoms with Crippen LogP contribution in [0.1, 0.15) is 31.2 Å². The molecule has 11 heteroatoms. The molecule has 0 aliphatic carbocycles. The highest BCUT2D eigenvalue weighted by molar-refractivity contribution is 7.99. The number of piperidine rings is 1. The number of halogens is 4. The topological polar surface area (TPSA) is 74.7 Å². The average Bonchev–Trinajstić information content (AvgIpc) is 2.93. The Bertz CT molecular complexity index is 1280. The van der Waals surface area contributed by atoms with Crippen molar-refractivity contribution < 1.29 is 27.9 Å². The summed E-state index contributed by atoms with van der Waals surface area (Å²) in [6, 6.07) is 7.61. The predicted octanol–water partition coefficient (Wildman–Crippen LogP) is 6.02. The minimum Gasteiger partial charge on any atom is -0.497 e. The Morgan fingerprint density at radius 3 is 2.58 bits per heavy atom. The number of nitrogens with zero attached hydrogens (tertiary/aromatic N) is 2. The third-order valence-electron chi connectivity index (χ3n) is 7.25. The molecule has 3 aromatic rings. The van der Waals surface area contributed by atoms with E-state index in [4.69, 9.17) is 16.3 Å². The number of hydroxylamine groups is 1. The molecule has 2 heterocycles. The maximum Gasteiger partial charge on any atom is 0.249 e. The van der Waals surface area contributed by atoms with E-state index < -0.39 is 28.8 Å². The number of carbonyl (C=O) groups is 1. The number of benzene rings is 2. The summed E-state index contributed by atoms with van der Waals surface area (Å²) in [6.07, 6.45) is 4.63. The van der Waals surface area contributed by atoms with Crippen LogP contribution in [-0.4, -0.2) is 53.5 Å². The third-order valence-corrected chi connectivity index (χ3v) is 8.53. The van der Waals surface area contributed by atoms with Crippen molar-refractivity contribution in [2.45, 2.75) is 37.0 Å². The van der Waals surface area contributed by atoms with Crippen molar-refractivity contribution in [3.8, 4) is 5.75 Å². The number of thioether (sulfide) groups is 1. The number of aryl methyl sites for hydroxylation is 1. The van der Waals surface area contributed by atoms with Crippen molar-refractivity contribution in [1.29, 1.82) is 0 Å². The van der Waals surface area contributed by atoms with Gasteiger partial charge in [0.1, 0.15) is 5.75 Å². The van der Waals surface area contributed by atoms with Crippen LogP contribution in [0.3, 0.4) is 0 Å². The first-order valence-electron chi connectivity index (χ1n) is 12.3. The van der Waals surface area contributed by atoms with Crippen LogP contribution in [0.25, 0.3) is 10.9 Å². The lowest BCUT2D eigenvalue weighted by atomic mass is 9.73. The minimum absolute atomic E-state index is 0.326. The van der Waals surface area contributed by atoms with Gasteiger partial charge in [0, 0.05) is 28.8 Å². The van der Waals surface area contributed by atoms with E-state index in [-0.39, 0.29) is 0 Å². The maximum absolute atomic E-state index is 13.4. The lowest BCUT2D eigenvalue weighted by molar-refractivity contribution is -0.143. The molecule has 1 saturated heterocycles. The van der Waals surface area contributed by atoms with Gasteiger partial charge in [-0.2, -0.15) is 0 Å². The molecule has 1 fully saturated rings. The second kappa shape index (κ2) is 12.5. The Kier molecular flexibility index (Phi) is 9.40. The standard InChI is InChI=1S/C27H29ClF3N3O3S/c1-37-17-4-5-24-20(13-17)19(21(28)16-32-24)3-2-6-27(26(35)33-36)7-9-34(10-8-27)11-12-38-18-14-22(29)25(31)23(30)15-18/h4-5,13-16,36H,2-3,6-12H2,1H3,(H,33,35). The van der Waals surface area contributed by atoms with Crippen LogP contribution in [0.15, 0.2) is 41.4 Å². The van der Waals surface area contributed by atoms with E-state index in [0.717, 1.165) is 28.6 Å². The van der Waals surface area contributed by atoms with Gasteiger partial charge in [-0.1, -0.05) is 11.6 Å². The maximum atomic E-state index is 13.4. The summed E-state index contributed by atoms with van der Waals surface area (Å²) < 4.78 is 45.4. The molecule has 0 spiro atoms. The first-order valence-corrected chi connectivity index (χ1v) is 13.7. The number of carbonyl (C=O) groups excluding carboxylic acids is 1. The highest BCUT2D eigenvalue weighted by Crippen LogP contribution is 2.38. The Labute approximate surface area is 228 Å². The second-order valence-electron chi connectivity index (χ2n) is 9.43. The molecule has 1 aliphatic rings. The van der Waals surface area contributed by atoms with Crippen LogP contribution in [-0.2, 0) is 11.2 Å². The van der Waals surface area contributed by atoms with E-state index in [1.807, 2.05) is 23.7 Å². The number of likely N-dealkylation sites (tertiary alicyclic amines) is 1. The molecule has 0 unspecified atom stereocenters. The van der Waals surface area contributed by atoms with E-state index in [2.05, 4.69) is 9.88 Å². The monoisotopic (exact) mass is 567 g/mol. The van der Waals surface area contributed by atoms with Crippen LogP contribution in [0, 0.1) is 22.9 Å². The lowest BCUT2D eigenvalue weighted by Crippen LogP contribution is -2.48. The average molecular weight is 568 g/mol. The van der Waals surface area contributed by atoms with Gasteiger partial charge in [0.2, 0.25) is 5.91 Å². The smallest absolute Gasteiger partial charge is 0.249 e. The van der Waals surface area contributed by atoms with E-state index >= 15 is 0 Å². The summed E-state index contributed by atoms with van der Waals surface area (Å²) >= 11 is 7.73. The molecule has 0 atom stereocenters. The summed E-state index contributed by atoms with van der Waals surface area (Å²) in [7, 11) is 1.60. The van der Waals surface area contributed by atoms with Gasteiger partial charge in [-0.05, 0) is 81.1 Å². The molecule has 1 aliphatic heterocycles. The van der Waals surface area contributed by atoms with E-state index in [0.29, 0.717) is 73.2 Å². The van der Waals surface area contributed by atoms with Gasteiger partial charge < -0.3 is 9.64 Å². The molecule has 204 valence electrons. The Morgan fingerprint density at radius 2 is 1.92 bits per heavy atom. The molecule has 6 nitrogen and oxygen atoms in total. The first kappa shape index (κ1) is 28.5. The minimum atomic E-state index is -1.47. The molecule has 1 aromatic heterocycles. The SMILES string of the molecule is COc1ccc2ncc(Cl)c(CCCC3(C(=O)NO)CCN(CCSc4cc(F)c(F)c(F)c4)CC3)c2c1. The van der Waals surface area contributed by atoms with Gasteiger partial charge in [0.05, 0.1) is 23.1 Å². The van der Waals surface area contributed by atoms with E-state index in [1.165, 1.54) is 11.8 Å². The summed E-state index contributed by atoms with van der Waals surface area (Å²) in [4.78, 5) is 19.6. The Balaban J connectivity index is 1.35. The van der Waals surface area contributed by atoms with Crippen LogP contribution in [0.2, 0.25) is 5.02 Å². The number of amides is 1. The van der Waals surface area contributed by atoms with Crippen molar-refractivity contribution in [2.75, 3.05) is 32.5 Å². The zero-order chi connectivity index (χ0) is 27.3. The number of methoxy groups -OCH3 is 1. The number of pyridine rings is 1. The Hall–Kier alpha value is -2.53. The van der Waals surface area contributed by atoms with Crippen molar-refractivity contribution >= 4 is 40.2 Å². The number of hydrogen-bond acceptors (Lipinski definition) is 6. The van der Waals surface area contributed by atoms with Crippen LogP contribution >= 0.6 is 23.4 Å². The largest absolute Gasteiger partial charge is 0.497 e. The van der Waals surface area contributed by atoms with Crippen molar-refractivity contribution in [3.63, 3.8) is 0 Å². The van der Waals surface area contributed by atoms with Gasteiger partial charge in [0.15, 0.2) is 17.5 Å². The van der Waals surface area contributed by atoms with Gasteiger partial charge >= 0.3 is 0 Å². The van der Waals surface area contributed by atoms with E-state index in [1.54, 1.807) is 13.3 Å². The summed E-state index contributed by atoms with van der Waals surface area (Å²) in [5.74, 6) is -3.00. The second-order valence-corrected chi connectivity index (χ2v) is 11.0. The lowest BCUT2D eigenvalue weighted by Gasteiger charge is -2.40. The van der Waals surface area contributed by atoms with Crippen molar-refractivity contribution in [1.82, 2.24) is 15.4 Å². The van der Waals surface area contributed by atoms with Gasteiger partial charge in [0.25, 0.3) is 0 Å². The molecule has 0 bridgehead atoms. The molecule has 2 N–H and O–H groups in total. The molecule has 2 aromatic carbocycles. The number of fused-ring (bicyclic) bond motifs is 1. The number of nitrogens with one attached hydrogen (secondary N) is 1. The highest BCUT2D eigenvalue weighted by Gasteiger charge is 2.40. The molecule has 0 saturated carbocycles. The number of ether oxygens (including phenoxy) is 1. The molecule has 4 rings (SSSR count). The zero-order valence-corrected chi connectivity index (χ0v) is 22.5. The molecule has 1 amide bonds. The molecule has 0 radical (unpaired) electrons. The summed E-state index contributed by atoms with van der Waals surface area (Å²) in [5, 5.41) is 10.9. The number of hydrogen-bond donors (Lipinski definition) is 2. The van der Waals surface area contributed by atoms with Crippen molar-refractivity contribution in [3.05, 3.63) is 64.6 Å². The quantitative estimate of drug-likeness (QED) is 0.135. The highest BCUT2D eigenvalue weighted by atomic mass is 35.5. The van der Waals surface area contributed by atoms with Crippen LogP contribution in [0.4, 0.5) is 13.2 Å². The van der Waals surface area contributed by atoms with Crippen LogP contribution in [0.5, 0.6) is 5.75 Å². The summed E-state index contributed by atoms with van der Waals surface area (Å²) in [5.41, 5.74) is 2.90. The fraction of sp³-hybridized carbons (Fsp3) is 0.407.